The van der Waals surface area contributed by atoms with E-state index in [2.05, 4.69) is 5.32 Å². The summed E-state index contributed by atoms with van der Waals surface area (Å²) in [5, 5.41) is 3.24. The van der Waals surface area contributed by atoms with Crippen LogP contribution in [0.3, 0.4) is 0 Å². The van der Waals surface area contributed by atoms with Crippen LogP contribution in [0, 0.1) is 17.6 Å². The van der Waals surface area contributed by atoms with Crippen LogP contribution in [0.1, 0.15) is 23.7 Å². The lowest BCUT2D eigenvalue weighted by atomic mass is 9.93. The molecule has 1 aromatic rings. The van der Waals surface area contributed by atoms with Gasteiger partial charge in [-0.2, -0.15) is 0 Å². The third kappa shape index (κ3) is 3.16. The fraction of sp³-hybridized carbons (Fsp3) is 0.500. The molecule has 1 aromatic carbocycles. The Morgan fingerprint density at radius 1 is 1.37 bits per heavy atom. The van der Waals surface area contributed by atoms with E-state index in [1.807, 2.05) is 6.92 Å². The molecule has 0 amide bonds. The molecule has 0 saturated carbocycles. The van der Waals surface area contributed by atoms with Crippen molar-refractivity contribution in [2.24, 2.45) is 5.92 Å². The SMILES string of the molecule is CCCNC1COCC1C(=O)c1ccc(F)c(F)c1. The fourth-order valence-electron chi connectivity index (χ4n) is 2.21. The van der Waals surface area contributed by atoms with E-state index < -0.39 is 11.6 Å². The zero-order valence-corrected chi connectivity index (χ0v) is 10.8. The largest absolute Gasteiger partial charge is 0.379 e. The maximum atomic E-state index is 13.2. The van der Waals surface area contributed by atoms with E-state index in [9.17, 15) is 13.6 Å². The smallest absolute Gasteiger partial charge is 0.170 e. The average molecular weight is 269 g/mol. The Kier molecular flexibility index (Phi) is 4.61. The van der Waals surface area contributed by atoms with Crippen LogP contribution < -0.4 is 5.32 Å². The van der Waals surface area contributed by atoms with Gasteiger partial charge in [0.25, 0.3) is 0 Å². The molecule has 1 aliphatic rings. The van der Waals surface area contributed by atoms with Gasteiger partial charge in [-0.1, -0.05) is 6.92 Å². The highest BCUT2D eigenvalue weighted by Crippen LogP contribution is 2.20. The first-order valence-corrected chi connectivity index (χ1v) is 6.44. The molecule has 19 heavy (non-hydrogen) atoms. The standard InChI is InChI=1S/C14H17F2NO2/c1-2-5-17-13-8-19-7-10(13)14(18)9-3-4-11(15)12(16)6-9/h3-4,6,10,13,17H,2,5,7-8H2,1H3. The summed E-state index contributed by atoms with van der Waals surface area (Å²) < 4.78 is 31.3. The van der Waals surface area contributed by atoms with Crippen molar-refractivity contribution in [3.05, 3.63) is 35.4 Å². The summed E-state index contributed by atoms with van der Waals surface area (Å²) in [6.45, 7) is 3.63. The van der Waals surface area contributed by atoms with Crippen molar-refractivity contribution < 1.29 is 18.3 Å². The van der Waals surface area contributed by atoms with Crippen LogP contribution in [0.2, 0.25) is 0 Å². The third-order valence-electron chi connectivity index (χ3n) is 3.28. The topological polar surface area (TPSA) is 38.3 Å². The van der Waals surface area contributed by atoms with E-state index in [0.29, 0.717) is 13.2 Å². The van der Waals surface area contributed by atoms with Gasteiger partial charge in [0.2, 0.25) is 0 Å². The second kappa shape index (κ2) is 6.21. The molecule has 0 spiro atoms. The number of benzene rings is 1. The minimum absolute atomic E-state index is 0.0550. The van der Waals surface area contributed by atoms with Crippen LogP contribution in [-0.4, -0.2) is 31.6 Å². The number of ketones is 1. The van der Waals surface area contributed by atoms with Crippen molar-refractivity contribution in [1.82, 2.24) is 5.32 Å². The summed E-state index contributed by atoms with van der Waals surface area (Å²) in [7, 11) is 0. The van der Waals surface area contributed by atoms with Crippen molar-refractivity contribution in [3.63, 3.8) is 0 Å². The van der Waals surface area contributed by atoms with Crippen molar-refractivity contribution in [2.75, 3.05) is 19.8 Å². The zero-order chi connectivity index (χ0) is 13.8. The van der Waals surface area contributed by atoms with Gasteiger partial charge in [-0.15, -0.1) is 0 Å². The normalized spacial score (nSPS) is 22.7. The molecule has 2 atom stereocenters. The number of hydrogen-bond acceptors (Lipinski definition) is 3. The molecular formula is C14H17F2NO2. The summed E-state index contributed by atoms with van der Waals surface area (Å²) in [6.07, 6.45) is 0.961. The first kappa shape index (κ1) is 14.1. The summed E-state index contributed by atoms with van der Waals surface area (Å²) in [5.74, 6) is -2.48. The van der Waals surface area contributed by atoms with Crippen molar-refractivity contribution >= 4 is 5.78 Å². The molecular weight excluding hydrogens is 252 g/mol. The van der Waals surface area contributed by atoms with Crippen LogP contribution in [0.5, 0.6) is 0 Å². The Labute approximate surface area is 111 Å². The predicted octanol–water partition coefficient (Wildman–Crippen LogP) is 2.16. The molecule has 2 unspecified atom stereocenters. The predicted molar refractivity (Wildman–Crippen MR) is 67.1 cm³/mol. The van der Waals surface area contributed by atoms with Crippen LogP contribution in [-0.2, 0) is 4.74 Å². The number of nitrogens with one attached hydrogen (secondary N) is 1. The molecule has 1 fully saturated rings. The van der Waals surface area contributed by atoms with E-state index in [-0.39, 0.29) is 23.3 Å². The van der Waals surface area contributed by atoms with Crippen molar-refractivity contribution in [1.29, 1.82) is 0 Å². The van der Waals surface area contributed by atoms with Crippen LogP contribution in [0.15, 0.2) is 18.2 Å². The van der Waals surface area contributed by atoms with Gasteiger partial charge in [0, 0.05) is 11.6 Å². The summed E-state index contributed by atoms with van der Waals surface area (Å²) in [4.78, 5) is 12.3. The lowest BCUT2D eigenvalue weighted by molar-refractivity contribution is 0.0891. The number of halogens is 2. The lowest BCUT2D eigenvalue weighted by Gasteiger charge is -2.17. The molecule has 2 rings (SSSR count). The van der Waals surface area contributed by atoms with Gasteiger partial charge in [0.1, 0.15) is 0 Å². The van der Waals surface area contributed by atoms with Crippen LogP contribution >= 0.6 is 0 Å². The molecule has 5 heteroatoms. The minimum Gasteiger partial charge on any atom is -0.379 e. The number of rotatable bonds is 5. The highest BCUT2D eigenvalue weighted by molar-refractivity contribution is 5.98. The Morgan fingerprint density at radius 3 is 2.84 bits per heavy atom. The van der Waals surface area contributed by atoms with Crippen molar-refractivity contribution in [3.8, 4) is 0 Å². The molecule has 1 aliphatic heterocycles. The zero-order valence-electron chi connectivity index (χ0n) is 10.8. The van der Waals surface area contributed by atoms with Crippen LogP contribution in [0.25, 0.3) is 0 Å². The fourth-order valence-corrected chi connectivity index (χ4v) is 2.21. The molecule has 3 nitrogen and oxygen atoms in total. The van der Waals surface area contributed by atoms with Gasteiger partial charge in [0.15, 0.2) is 17.4 Å². The Bertz CT molecular complexity index is 465. The summed E-state index contributed by atoms with van der Waals surface area (Å²) in [6, 6.07) is 3.19. The van der Waals surface area contributed by atoms with E-state index >= 15 is 0 Å². The summed E-state index contributed by atoms with van der Waals surface area (Å²) >= 11 is 0. The average Bonchev–Trinajstić information content (AvgIpc) is 2.87. The van der Waals surface area contributed by atoms with Crippen molar-refractivity contribution in [2.45, 2.75) is 19.4 Å². The molecule has 0 aliphatic carbocycles. The quantitative estimate of drug-likeness (QED) is 0.832. The second-order valence-corrected chi connectivity index (χ2v) is 4.70. The van der Waals surface area contributed by atoms with Gasteiger partial charge in [-0.05, 0) is 31.2 Å². The Balaban J connectivity index is 2.11. The number of hydrogen-bond donors (Lipinski definition) is 1. The van der Waals surface area contributed by atoms with Gasteiger partial charge in [0.05, 0.1) is 19.1 Å². The highest BCUT2D eigenvalue weighted by Gasteiger charge is 2.34. The maximum absolute atomic E-state index is 13.2. The molecule has 1 saturated heterocycles. The number of Topliss-reactive ketones (excluding diaryl/α,β-unsaturated/α-hetero) is 1. The first-order valence-electron chi connectivity index (χ1n) is 6.44. The van der Waals surface area contributed by atoms with E-state index in [4.69, 9.17) is 4.74 Å². The molecule has 104 valence electrons. The highest BCUT2D eigenvalue weighted by atomic mass is 19.2. The third-order valence-corrected chi connectivity index (χ3v) is 3.28. The van der Waals surface area contributed by atoms with Gasteiger partial charge < -0.3 is 10.1 Å². The van der Waals surface area contributed by atoms with E-state index in [1.165, 1.54) is 6.07 Å². The lowest BCUT2D eigenvalue weighted by Crippen LogP contribution is -2.39. The van der Waals surface area contributed by atoms with Gasteiger partial charge in [-0.3, -0.25) is 4.79 Å². The first-order chi connectivity index (χ1) is 9.13. The number of ether oxygens (including phenoxy) is 1. The van der Waals surface area contributed by atoms with E-state index in [1.54, 1.807) is 0 Å². The molecule has 0 bridgehead atoms. The number of carbonyl (C=O) groups is 1. The monoisotopic (exact) mass is 269 g/mol. The van der Waals surface area contributed by atoms with Crippen LogP contribution in [0.4, 0.5) is 8.78 Å². The minimum atomic E-state index is -0.997. The molecule has 0 aromatic heterocycles. The molecule has 1 N–H and O–H groups in total. The molecule has 1 heterocycles. The Morgan fingerprint density at radius 2 is 2.16 bits per heavy atom. The van der Waals surface area contributed by atoms with E-state index in [0.717, 1.165) is 25.1 Å². The molecule has 0 radical (unpaired) electrons. The second-order valence-electron chi connectivity index (χ2n) is 4.70. The number of carbonyl (C=O) groups excluding carboxylic acids is 1. The maximum Gasteiger partial charge on any atom is 0.170 e. The summed E-state index contributed by atoms with van der Waals surface area (Å²) in [5.41, 5.74) is 0.192. The Hall–Kier alpha value is -1.33. The van der Waals surface area contributed by atoms with Gasteiger partial charge >= 0.3 is 0 Å². The van der Waals surface area contributed by atoms with Gasteiger partial charge in [-0.25, -0.2) is 8.78 Å².